The molecule has 1 aromatic heterocycles. The van der Waals surface area contributed by atoms with Gasteiger partial charge in [-0.2, -0.15) is 0 Å². The molecular formula is C27H45N5. The molecule has 0 radical (unpaired) electrons. The molecule has 1 aliphatic carbocycles. The third-order valence-corrected chi connectivity index (χ3v) is 9.26. The molecule has 4 aliphatic rings. The Kier molecular flexibility index (Phi) is 6.76. The molecule has 3 aliphatic heterocycles. The third-order valence-electron chi connectivity index (χ3n) is 9.26. The predicted molar refractivity (Wildman–Crippen MR) is 132 cm³/mol. The summed E-state index contributed by atoms with van der Waals surface area (Å²) < 4.78 is 0. The van der Waals surface area contributed by atoms with E-state index in [1.807, 2.05) is 6.20 Å². The summed E-state index contributed by atoms with van der Waals surface area (Å²) in [6.45, 7) is 14.3. The van der Waals surface area contributed by atoms with Crippen LogP contribution in [0.1, 0.15) is 90.8 Å². The van der Waals surface area contributed by atoms with Crippen molar-refractivity contribution in [2.24, 2.45) is 11.8 Å². The molecule has 2 bridgehead atoms. The fourth-order valence-electron chi connectivity index (χ4n) is 7.09. The van der Waals surface area contributed by atoms with Crippen LogP contribution < -0.4 is 4.90 Å². The SMILES string of the molecule is CC(C)C1CCC(N2CCC(c3nccc(N4C5CCC4CN(C(C)C)C5)n3)CC2)CC1. The van der Waals surface area contributed by atoms with Gasteiger partial charge >= 0.3 is 0 Å². The highest BCUT2D eigenvalue weighted by Gasteiger charge is 2.41. The predicted octanol–water partition coefficient (Wildman–Crippen LogP) is 4.93. The lowest BCUT2D eigenvalue weighted by Gasteiger charge is -2.43. The van der Waals surface area contributed by atoms with E-state index in [-0.39, 0.29) is 0 Å². The van der Waals surface area contributed by atoms with Crippen LogP contribution in [0.5, 0.6) is 0 Å². The van der Waals surface area contributed by atoms with Crippen molar-refractivity contribution in [1.82, 2.24) is 19.8 Å². The minimum absolute atomic E-state index is 0.535. The van der Waals surface area contributed by atoms with Crippen molar-refractivity contribution in [1.29, 1.82) is 0 Å². The summed E-state index contributed by atoms with van der Waals surface area (Å²) in [5.74, 6) is 4.65. The fourth-order valence-corrected chi connectivity index (χ4v) is 7.09. The van der Waals surface area contributed by atoms with Crippen LogP contribution in [0.4, 0.5) is 5.82 Å². The van der Waals surface area contributed by atoms with Crippen molar-refractivity contribution in [3.63, 3.8) is 0 Å². The standard InChI is InChI=1S/C27H45N5/c1-19(2)21-5-7-23(8-6-21)30-15-12-22(13-16-30)27-28-14-11-26(29-27)32-24-9-10-25(32)18-31(17-24)20(3)4/h11,14,19-25H,5-10,12-13,15-18H2,1-4H3. The molecule has 0 N–H and O–H groups in total. The molecule has 5 heteroatoms. The van der Waals surface area contributed by atoms with Gasteiger partial charge in [0.2, 0.25) is 0 Å². The number of anilines is 1. The van der Waals surface area contributed by atoms with E-state index in [9.17, 15) is 0 Å². The van der Waals surface area contributed by atoms with E-state index in [0.717, 1.165) is 23.7 Å². The van der Waals surface area contributed by atoms with Crippen molar-refractivity contribution in [2.75, 3.05) is 31.1 Å². The van der Waals surface area contributed by atoms with Crippen LogP contribution in [0.3, 0.4) is 0 Å². The summed E-state index contributed by atoms with van der Waals surface area (Å²) in [5, 5.41) is 0. The second-order valence-corrected chi connectivity index (χ2v) is 11.7. The van der Waals surface area contributed by atoms with Gasteiger partial charge in [0.05, 0.1) is 0 Å². The average Bonchev–Trinajstić information content (AvgIpc) is 3.08. The Morgan fingerprint density at radius 2 is 1.44 bits per heavy atom. The van der Waals surface area contributed by atoms with Crippen LogP contribution in [-0.2, 0) is 0 Å². The largest absolute Gasteiger partial charge is 0.348 e. The molecule has 3 saturated heterocycles. The van der Waals surface area contributed by atoms with Crippen LogP contribution in [0.25, 0.3) is 0 Å². The average molecular weight is 440 g/mol. The van der Waals surface area contributed by atoms with E-state index in [1.165, 1.54) is 83.4 Å². The first-order valence-corrected chi connectivity index (χ1v) is 13.6. The number of hydrogen-bond acceptors (Lipinski definition) is 5. The third kappa shape index (κ3) is 4.57. The van der Waals surface area contributed by atoms with Gasteiger partial charge < -0.3 is 9.80 Å². The molecule has 0 amide bonds. The summed E-state index contributed by atoms with van der Waals surface area (Å²) in [6, 6.07) is 4.89. The maximum Gasteiger partial charge on any atom is 0.133 e. The highest BCUT2D eigenvalue weighted by Crippen LogP contribution is 2.37. The van der Waals surface area contributed by atoms with Crippen LogP contribution >= 0.6 is 0 Å². The quantitative estimate of drug-likeness (QED) is 0.650. The first kappa shape index (κ1) is 22.6. The molecule has 32 heavy (non-hydrogen) atoms. The topological polar surface area (TPSA) is 35.5 Å². The Morgan fingerprint density at radius 3 is 2.03 bits per heavy atom. The molecule has 2 unspecified atom stereocenters. The fraction of sp³-hybridized carbons (Fsp3) is 0.852. The zero-order valence-corrected chi connectivity index (χ0v) is 20.9. The Labute approximate surface area is 196 Å². The summed E-state index contributed by atoms with van der Waals surface area (Å²) >= 11 is 0. The van der Waals surface area contributed by atoms with Gasteiger partial charge in [0.25, 0.3) is 0 Å². The lowest BCUT2D eigenvalue weighted by Crippen LogP contribution is -2.55. The number of aromatic nitrogens is 2. The minimum Gasteiger partial charge on any atom is -0.348 e. The summed E-state index contributed by atoms with van der Waals surface area (Å²) in [5.41, 5.74) is 0. The van der Waals surface area contributed by atoms with Crippen molar-refractivity contribution >= 4 is 5.82 Å². The highest BCUT2D eigenvalue weighted by molar-refractivity contribution is 5.44. The van der Waals surface area contributed by atoms with Gasteiger partial charge in [0, 0.05) is 49.4 Å². The van der Waals surface area contributed by atoms with Crippen molar-refractivity contribution in [2.45, 2.75) is 109 Å². The first-order chi connectivity index (χ1) is 15.5. The van der Waals surface area contributed by atoms with Gasteiger partial charge in [0.15, 0.2) is 0 Å². The van der Waals surface area contributed by atoms with E-state index in [4.69, 9.17) is 9.97 Å². The molecule has 1 saturated carbocycles. The molecule has 1 aromatic rings. The summed E-state index contributed by atoms with van der Waals surface area (Å²) in [7, 11) is 0. The van der Waals surface area contributed by atoms with E-state index in [0.29, 0.717) is 24.0 Å². The Morgan fingerprint density at radius 1 is 0.812 bits per heavy atom. The Bertz CT molecular complexity index is 734. The molecular weight excluding hydrogens is 394 g/mol. The van der Waals surface area contributed by atoms with Crippen LogP contribution in [0.2, 0.25) is 0 Å². The van der Waals surface area contributed by atoms with Crippen molar-refractivity contribution in [3.8, 4) is 0 Å². The first-order valence-electron chi connectivity index (χ1n) is 13.6. The van der Waals surface area contributed by atoms with E-state index < -0.39 is 0 Å². The van der Waals surface area contributed by atoms with Crippen LogP contribution in [0, 0.1) is 11.8 Å². The van der Waals surface area contributed by atoms with Crippen molar-refractivity contribution < 1.29 is 0 Å². The normalized spacial score (nSPS) is 32.9. The maximum absolute atomic E-state index is 5.18. The van der Waals surface area contributed by atoms with E-state index >= 15 is 0 Å². The van der Waals surface area contributed by atoms with Crippen LogP contribution in [0.15, 0.2) is 12.3 Å². The van der Waals surface area contributed by atoms with Gasteiger partial charge in [-0.3, -0.25) is 4.90 Å². The van der Waals surface area contributed by atoms with Gasteiger partial charge in [0.1, 0.15) is 11.6 Å². The number of rotatable bonds is 5. The number of fused-ring (bicyclic) bond motifs is 2. The minimum atomic E-state index is 0.535. The molecule has 2 atom stereocenters. The Balaban J connectivity index is 1.19. The molecule has 4 fully saturated rings. The van der Waals surface area contributed by atoms with Gasteiger partial charge in [-0.25, -0.2) is 9.97 Å². The molecule has 178 valence electrons. The second kappa shape index (κ2) is 9.58. The smallest absolute Gasteiger partial charge is 0.133 e. The summed E-state index contributed by atoms with van der Waals surface area (Å²) in [6.07, 6.45) is 12.8. The number of likely N-dealkylation sites (tertiary alicyclic amines) is 2. The highest BCUT2D eigenvalue weighted by atomic mass is 15.4. The van der Waals surface area contributed by atoms with Gasteiger partial charge in [-0.1, -0.05) is 13.8 Å². The van der Waals surface area contributed by atoms with Gasteiger partial charge in [-0.15, -0.1) is 0 Å². The zero-order valence-electron chi connectivity index (χ0n) is 20.9. The molecule has 5 rings (SSSR count). The number of piperazine rings is 1. The number of piperidine rings is 1. The van der Waals surface area contributed by atoms with Gasteiger partial charge in [-0.05, 0) is 96.2 Å². The molecule has 0 aromatic carbocycles. The van der Waals surface area contributed by atoms with E-state index in [1.54, 1.807) is 0 Å². The monoisotopic (exact) mass is 439 g/mol. The zero-order chi connectivity index (χ0) is 22.2. The van der Waals surface area contributed by atoms with E-state index in [2.05, 4.69) is 48.5 Å². The van der Waals surface area contributed by atoms with Crippen LogP contribution in [-0.4, -0.2) is 70.1 Å². The summed E-state index contributed by atoms with van der Waals surface area (Å²) in [4.78, 5) is 18.0. The lowest BCUT2D eigenvalue weighted by molar-refractivity contribution is 0.0972. The second-order valence-electron chi connectivity index (χ2n) is 11.7. The van der Waals surface area contributed by atoms with Crippen molar-refractivity contribution in [3.05, 3.63) is 18.1 Å². The lowest BCUT2D eigenvalue weighted by atomic mass is 9.78. The number of nitrogens with zero attached hydrogens (tertiary/aromatic N) is 5. The number of hydrogen-bond donors (Lipinski definition) is 0. The molecule has 5 nitrogen and oxygen atoms in total. The molecule has 0 spiro atoms. The Hall–Kier alpha value is -1.20. The maximum atomic E-state index is 5.18. The molecule has 4 heterocycles.